The van der Waals surface area contributed by atoms with Crippen molar-refractivity contribution >= 4 is 23.4 Å². The van der Waals surface area contributed by atoms with E-state index in [0.29, 0.717) is 48.3 Å². The van der Waals surface area contributed by atoms with Crippen LogP contribution in [0.25, 0.3) is 5.69 Å². The fourth-order valence-corrected chi connectivity index (χ4v) is 4.31. The number of halogens is 3. The van der Waals surface area contributed by atoms with E-state index in [1.807, 2.05) is 0 Å². The molecule has 0 atom stereocenters. The molecule has 0 radical (unpaired) electrons. The highest BCUT2D eigenvalue weighted by Gasteiger charge is 2.36. The van der Waals surface area contributed by atoms with Crippen molar-refractivity contribution < 1.29 is 23.4 Å². The monoisotopic (exact) mass is 533 g/mol. The molecule has 1 N–H and O–H groups in total. The van der Waals surface area contributed by atoms with Gasteiger partial charge in [0.2, 0.25) is 0 Å². The average Bonchev–Trinajstić information content (AvgIpc) is 2.82. The number of hydrogen-bond acceptors (Lipinski definition) is 6. The molecule has 1 saturated heterocycles. The average molecular weight is 534 g/mol. The second-order valence-corrected chi connectivity index (χ2v) is 9.62. The lowest BCUT2D eigenvalue weighted by Gasteiger charge is -2.41. The number of ether oxygens (including phenoxy) is 1. The van der Waals surface area contributed by atoms with Gasteiger partial charge in [0, 0.05) is 43.2 Å². The molecule has 0 aliphatic carbocycles. The molecular weight excluding hydrogens is 508 g/mol. The third-order valence-corrected chi connectivity index (χ3v) is 6.36. The Morgan fingerprint density at radius 1 is 1.11 bits per heavy atom. The van der Waals surface area contributed by atoms with Crippen LogP contribution in [0.2, 0.25) is 5.02 Å². The summed E-state index contributed by atoms with van der Waals surface area (Å²) in [4.78, 5) is 37.2. The van der Waals surface area contributed by atoms with Gasteiger partial charge >= 0.3 is 6.03 Å². The van der Waals surface area contributed by atoms with Gasteiger partial charge in [0.25, 0.3) is 5.56 Å². The zero-order chi connectivity index (χ0) is 27.1. The van der Waals surface area contributed by atoms with Crippen molar-refractivity contribution in [1.82, 2.24) is 19.4 Å². The second kappa shape index (κ2) is 10.1. The van der Waals surface area contributed by atoms with Crippen molar-refractivity contribution in [2.24, 2.45) is 0 Å². The number of nitrogens with zero attached hydrogens (tertiary/aromatic N) is 5. The highest BCUT2D eigenvalue weighted by molar-refractivity contribution is 6.31. The molecule has 4 heterocycles. The molecule has 3 aromatic rings. The third kappa shape index (κ3) is 5.28. The van der Waals surface area contributed by atoms with E-state index in [2.05, 4.69) is 9.97 Å². The van der Waals surface area contributed by atoms with Gasteiger partial charge in [0.15, 0.2) is 5.82 Å². The van der Waals surface area contributed by atoms with Crippen molar-refractivity contribution in [3.8, 4) is 11.4 Å². The fourth-order valence-electron chi connectivity index (χ4n) is 4.12. The molecule has 0 bridgehead atoms. The Labute approximate surface area is 216 Å². The molecule has 0 aromatic carbocycles. The van der Waals surface area contributed by atoms with Gasteiger partial charge in [0.1, 0.15) is 40.4 Å². The van der Waals surface area contributed by atoms with Crippen LogP contribution in [0, 0.1) is 25.5 Å². The van der Waals surface area contributed by atoms with Gasteiger partial charge in [0.05, 0.1) is 11.9 Å². The predicted molar refractivity (Wildman–Crippen MR) is 133 cm³/mol. The van der Waals surface area contributed by atoms with Crippen LogP contribution in [0.15, 0.2) is 35.4 Å². The molecule has 1 aliphatic rings. The molecule has 0 unspecified atom stereocenters. The van der Waals surface area contributed by atoms with Crippen LogP contribution >= 0.6 is 11.6 Å². The lowest BCUT2D eigenvalue weighted by Crippen LogP contribution is -2.57. The molecule has 196 valence electrons. The number of carbonyl (C=O) groups is 1. The summed E-state index contributed by atoms with van der Waals surface area (Å²) in [5.41, 5.74) is -0.500. The summed E-state index contributed by atoms with van der Waals surface area (Å²) in [7, 11) is 0. The first-order valence-corrected chi connectivity index (χ1v) is 11.9. The number of anilines is 1. The summed E-state index contributed by atoms with van der Waals surface area (Å²) >= 11 is 6.34. The maximum Gasteiger partial charge on any atom is 0.327 e. The lowest BCUT2D eigenvalue weighted by molar-refractivity contribution is -0.0521. The molecule has 3 aromatic heterocycles. The largest absolute Gasteiger partial charge is 0.485 e. The molecule has 1 fully saturated rings. The van der Waals surface area contributed by atoms with Gasteiger partial charge in [-0.3, -0.25) is 24.1 Å². The molecule has 4 rings (SSSR count). The molecular formula is C25H26ClF2N5O4. The van der Waals surface area contributed by atoms with Crippen molar-refractivity contribution in [3.63, 3.8) is 0 Å². The molecule has 1 aliphatic heterocycles. The maximum atomic E-state index is 13.9. The fraction of sp³-hybridized carbons (Fsp3) is 0.360. The molecule has 37 heavy (non-hydrogen) atoms. The van der Waals surface area contributed by atoms with E-state index >= 15 is 0 Å². The van der Waals surface area contributed by atoms with Crippen LogP contribution in [-0.2, 0) is 6.61 Å². The lowest BCUT2D eigenvalue weighted by atomic mass is 10.2. The minimum absolute atomic E-state index is 0.0184. The molecule has 0 saturated carbocycles. The highest BCUT2D eigenvalue weighted by atomic mass is 35.5. The zero-order valence-electron chi connectivity index (χ0n) is 20.8. The number of amides is 2. The van der Waals surface area contributed by atoms with Crippen LogP contribution in [0.4, 0.5) is 19.4 Å². The van der Waals surface area contributed by atoms with E-state index in [1.165, 1.54) is 34.3 Å². The van der Waals surface area contributed by atoms with Crippen LogP contribution in [0.3, 0.4) is 0 Å². The zero-order valence-corrected chi connectivity index (χ0v) is 21.5. The first-order valence-electron chi connectivity index (χ1n) is 11.5. The highest BCUT2D eigenvalue weighted by Crippen LogP contribution is 2.28. The maximum absolute atomic E-state index is 13.9. The summed E-state index contributed by atoms with van der Waals surface area (Å²) in [5.74, 6) is -1.36. The Balaban J connectivity index is 1.68. The summed E-state index contributed by atoms with van der Waals surface area (Å²) in [6.45, 7) is 6.96. The minimum Gasteiger partial charge on any atom is -0.485 e. The Kier molecular flexibility index (Phi) is 7.20. The van der Waals surface area contributed by atoms with E-state index in [-0.39, 0.29) is 23.1 Å². The number of aryl methyl sites for hydroxylation is 2. The van der Waals surface area contributed by atoms with Crippen molar-refractivity contribution in [2.75, 3.05) is 18.0 Å². The Bertz CT molecular complexity index is 1420. The van der Waals surface area contributed by atoms with Gasteiger partial charge in [-0.2, -0.15) is 0 Å². The second-order valence-electron chi connectivity index (χ2n) is 9.24. The first-order chi connectivity index (χ1) is 17.4. The Hall–Kier alpha value is -3.57. The summed E-state index contributed by atoms with van der Waals surface area (Å²) in [5, 5.41) is 10.1. The number of aromatic nitrogens is 3. The quantitative estimate of drug-likeness (QED) is 0.511. The van der Waals surface area contributed by atoms with Gasteiger partial charge in [-0.15, -0.1) is 0 Å². The number of rotatable bonds is 6. The van der Waals surface area contributed by atoms with Gasteiger partial charge in [-0.1, -0.05) is 11.6 Å². The van der Waals surface area contributed by atoms with Crippen LogP contribution in [0.5, 0.6) is 5.75 Å². The van der Waals surface area contributed by atoms with Crippen LogP contribution < -0.4 is 15.2 Å². The molecule has 2 amide bonds. The Morgan fingerprint density at radius 3 is 2.51 bits per heavy atom. The number of hydrogen-bond donors (Lipinski definition) is 1. The minimum atomic E-state index is -1.34. The van der Waals surface area contributed by atoms with E-state index < -0.39 is 28.9 Å². The number of carbonyl (C=O) groups excluding carboxylic acids is 1. The summed E-state index contributed by atoms with van der Waals surface area (Å²) in [6.07, 6.45) is 3.04. The van der Waals surface area contributed by atoms with Crippen LogP contribution in [0.1, 0.15) is 37.2 Å². The first kappa shape index (κ1) is 26.5. The van der Waals surface area contributed by atoms with E-state index in [4.69, 9.17) is 16.3 Å². The van der Waals surface area contributed by atoms with Gasteiger partial charge in [-0.25, -0.2) is 18.6 Å². The van der Waals surface area contributed by atoms with Gasteiger partial charge < -0.3 is 9.84 Å². The molecule has 9 nitrogen and oxygen atoms in total. The molecule has 12 heteroatoms. The van der Waals surface area contributed by atoms with Gasteiger partial charge in [-0.05, 0) is 39.7 Å². The number of pyridine rings is 3. The van der Waals surface area contributed by atoms with Crippen LogP contribution in [-0.4, -0.2) is 49.4 Å². The van der Waals surface area contributed by atoms with E-state index in [1.54, 1.807) is 26.1 Å². The van der Waals surface area contributed by atoms with Crippen molar-refractivity contribution in [2.45, 2.75) is 46.4 Å². The summed E-state index contributed by atoms with van der Waals surface area (Å²) in [6, 6.07) is 3.43. The number of urea groups is 1. The SMILES string of the molecule is Cc1cnc(N2CCCN(C(C)(C)O)C2=O)cc1-n1c(C)cc(OCc2ncc(F)cc2F)c(Cl)c1=O. The Morgan fingerprint density at radius 2 is 1.84 bits per heavy atom. The van der Waals surface area contributed by atoms with Crippen molar-refractivity contribution in [3.05, 3.63) is 74.6 Å². The smallest absolute Gasteiger partial charge is 0.327 e. The topological polar surface area (TPSA) is 101 Å². The van der Waals surface area contributed by atoms with E-state index in [0.717, 1.165) is 6.20 Å². The van der Waals surface area contributed by atoms with Crippen molar-refractivity contribution in [1.29, 1.82) is 0 Å². The summed E-state index contributed by atoms with van der Waals surface area (Å²) < 4.78 is 33.9. The normalized spacial score (nSPS) is 14.3. The van der Waals surface area contributed by atoms with E-state index in [9.17, 15) is 23.5 Å². The standard InChI is InChI=1S/C25H26ClF2N5O4/c1-14-11-30-21(31-6-5-7-32(24(31)35)25(3,4)36)10-19(14)33-15(2)8-20(22(26)23(33)34)37-13-18-17(28)9-16(27)12-29-18/h8-12,36H,5-7,13H2,1-4H3. The molecule has 0 spiro atoms. The number of aliphatic hydroxyl groups is 1. The predicted octanol–water partition coefficient (Wildman–Crippen LogP) is 4.12. The third-order valence-electron chi connectivity index (χ3n) is 6.01.